The van der Waals surface area contributed by atoms with E-state index in [1.165, 1.54) is 15.9 Å². The van der Waals surface area contributed by atoms with Crippen LogP contribution in [0.1, 0.15) is 58.9 Å². The van der Waals surface area contributed by atoms with Crippen LogP contribution in [0, 0.1) is 0 Å². The summed E-state index contributed by atoms with van der Waals surface area (Å²) in [6.45, 7) is 9.38. The number of phenols is 1. The van der Waals surface area contributed by atoms with E-state index < -0.39 is 23.4 Å². The number of benzene rings is 3. The summed E-state index contributed by atoms with van der Waals surface area (Å²) in [7, 11) is -6.16. The van der Waals surface area contributed by atoms with Gasteiger partial charge in [-0.25, -0.2) is 8.42 Å². The highest BCUT2D eigenvalue weighted by molar-refractivity contribution is 7.92. The molecule has 0 saturated carbocycles. The number of fused-ring (bicyclic) bond motifs is 1. The number of rotatable bonds is 11. The number of sulfone groups is 1. The Morgan fingerprint density at radius 1 is 0.953 bits per heavy atom. The molecule has 2 aliphatic heterocycles. The molecule has 0 amide bonds. The van der Waals surface area contributed by atoms with Crippen LogP contribution in [0.2, 0.25) is 5.04 Å². The molecule has 0 aromatic heterocycles. The molecule has 2 atom stereocenters. The van der Waals surface area contributed by atoms with Crippen molar-refractivity contribution < 1.29 is 22.7 Å². The Bertz CT molecular complexity index is 1520. The summed E-state index contributed by atoms with van der Waals surface area (Å²) in [6.07, 6.45) is 5.47. The van der Waals surface area contributed by atoms with Gasteiger partial charge in [0, 0.05) is 0 Å². The molecule has 7 heteroatoms. The van der Waals surface area contributed by atoms with Gasteiger partial charge in [-0.3, -0.25) is 0 Å². The first-order chi connectivity index (χ1) is 20.5. The molecule has 0 spiro atoms. The third kappa shape index (κ3) is 6.60. The summed E-state index contributed by atoms with van der Waals surface area (Å²) in [4.78, 5) is 0. The van der Waals surface area contributed by atoms with Crippen LogP contribution in [-0.4, -0.2) is 52.2 Å². The van der Waals surface area contributed by atoms with E-state index in [0.29, 0.717) is 0 Å². The second-order valence-electron chi connectivity index (χ2n) is 12.8. The summed E-state index contributed by atoms with van der Waals surface area (Å²) in [5.74, 6) is 0.290. The molecule has 2 heterocycles. The highest BCUT2D eigenvalue weighted by Crippen LogP contribution is 2.41. The standard InChI is InChI=1S/C36H44O5SSi/c1-5-12-27(23-28-17-20-30(37)21-18-28)19-22-33-35-29(26-42(38,39)34(35)25-40-33)24-41-43(36(2,3)4,31-13-8-6-9-14-31)32-15-10-7-11-16-32/h6-11,13-18,20-21,23,33-34,37H,5,12,19,22,24-26H2,1-4H3/b27-23+/t33-,34+/m1/s1. The first-order valence-corrected chi connectivity index (χ1v) is 19.0. The van der Waals surface area contributed by atoms with Crippen molar-refractivity contribution in [1.82, 2.24) is 0 Å². The molecule has 228 valence electrons. The van der Waals surface area contributed by atoms with Gasteiger partial charge in [-0.1, -0.05) is 119 Å². The van der Waals surface area contributed by atoms with Crippen molar-refractivity contribution >= 4 is 34.6 Å². The second kappa shape index (κ2) is 12.9. The monoisotopic (exact) mass is 616 g/mol. The first-order valence-electron chi connectivity index (χ1n) is 15.3. The van der Waals surface area contributed by atoms with Crippen LogP contribution in [0.15, 0.2) is 102 Å². The molecule has 0 bridgehead atoms. The molecular weight excluding hydrogens is 573 g/mol. The quantitative estimate of drug-likeness (QED) is 0.199. The fourth-order valence-electron chi connectivity index (χ4n) is 6.80. The molecule has 5 rings (SSSR count). The van der Waals surface area contributed by atoms with Crippen molar-refractivity contribution in [2.45, 2.75) is 69.8 Å². The third-order valence-corrected chi connectivity index (χ3v) is 15.8. The molecular formula is C36H44O5SSi. The average Bonchev–Trinajstić information content (AvgIpc) is 3.53. The van der Waals surface area contributed by atoms with Gasteiger partial charge in [-0.05, 0) is 63.5 Å². The van der Waals surface area contributed by atoms with Crippen molar-refractivity contribution in [1.29, 1.82) is 0 Å². The number of aromatic hydroxyl groups is 1. The van der Waals surface area contributed by atoms with E-state index in [1.807, 2.05) is 24.3 Å². The summed E-state index contributed by atoms with van der Waals surface area (Å²) >= 11 is 0. The maximum absolute atomic E-state index is 13.4. The minimum atomic E-state index is -3.34. The predicted octanol–water partition coefficient (Wildman–Crippen LogP) is 6.42. The number of hydrogen-bond donors (Lipinski definition) is 1. The zero-order valence-corrected chi connectivity index (χ0v) is 27.6. The van der Waals surface area contributed by atoms with Crippen molar-refractivity contribution in [3.05, 3.63) is 107 Å². The van der Waals surface area contributed by atoms with Gasteiger partial charge in [0.15, 0.2) is 9.84 Å². The average molecular weight is 617 g/mol. The van der Waals surface area contributed by atoms with Gasteiger partial charge in [0.05, 0.1) is 25.1 Å². The van der Waals surface area contributed by atoms with Gasteiger partial charge >= 0.3 is 0 Å². The van der Waals surface area contributed by atoms with E-state index in [0.717, 1.165) is 42.4 Å². The molecule has 1 fully saturated rings. The molecule has 1 saturated heterocycles. The second-order valence-corrected chi connectivity index (χ2v) is 19.3. The van der Waals surface area contributed by atoms with Crippen LogP contribution in [-0.2, 0) is 19.0 Å². The van der Waals surface area contributed by atoms with Crippen LogP contribution in [0.3, 0.4) is 0 Å². The minimum absolute atomic E-state index is 0.0379. The Morgan fingerprint density at radius 3 is 2.12 bits per heavy atom. The maximum Gasteiger partial charge on any atom is 0.261 e. The number of phenolic OH excluding ortho intramolecular Hbond substituents is 1. The van der Waals surface area contributed by atoms with E-state index in [2.05, 4.69) is 82.3 Å². The van der Waals surface area contributed by atoms with Gasteiger partial charge in [0.1, 0.15) is 11.0 Å². The van der Waals surface area contributed by atoms with Crippen molar-refractivity contribution in [3.63, 3.8) is 0 Å². The minimum Gasteiger partial charge on any atom is -0.508 e. The largest absolute Gasteiger partial charge is 0.508 e. The number of allylic oxidation sites excluding steroid dienone is 1. The van der Waals surface area contributed by atoms with E-state index in [1.54, 1.807) is 12.1 Å². The van der Waals surface area contributed by atoms with Crippen LogP contribution in [0.5, 0.6) is 5.75 Å². The summed E-state index contributed by atoms with van der Waals surface area (Å²) < 4.78 is 40.1. The normalized spacial score (nSPS) is 20.4. The van der Waals surface area contributed by atoms with Gasteiger partial charge in [-0.2, -0.15) is 0 Å². The van der Waals surface area contributed by atoms with Crippen LogP contribution < -0.4 is 10.4 Å². The number of ether oxygens (including phenoxy) is 1. The summed E-state index contributed by atoms with van der Waals surface area (Å²) in [6, 6.07) is 28.2. The van der Waals surface area contributed by atoms with Crippen molar-refractivity contribution in [2.24, 2.45) is 0 Å². The molecule has 0 radical (unpaired) electrons. The number of hydrogen-bond acceptors (Lipinski definition) is 5. The lowest BCUT2D eigenvalue weighted by molar-refractivity contribution is 0.117. The van der Waals surface area contributed by atoms with E-state index in [4.69, 9.17) is 9.16 Å². The SMILES string of the molecule is CCC/C(=C\c1ccc(O)cc1)CC[C@H]1OC[C@H]2C1=C(CO[Si](c1ccccc1)(c1ccccc1)C(C)(C)C)CS2(=O)=O. The lowest BCUT2D eigenvalue weighted by atomic mass is 9.95. The van der Waals surface area contributed by atoms with Crippen LogP contribution in [0.4, 0.5) is 0 Å². The Balaban J connectivity index is 1.45. The molecule has 3 aromatic carbocycles. The topological polar surface area (TPSA) is 72.8 Å². The fourth-order valence-corrected chi connectivity index (χ4v) is 13.3. The van der Waals surface area contributed by atoms with E-state index in [9.17, 15) is 13.5 Å². The van der Waals surface area contributed by atoms with E-state index in [-0.39, 0.29) is 35.9 Å². The maximum atomic E-state index is 13.4. The molecule has 3 aromatic rings. The van der Waals surface area contributed by atoms with Crippen LogP contribution in [0.25, 0.3) is 6.08 Å². The van der Waals surface area contributed by atoms with Crippen molar-refractivity contribution in [3.8, 4) is 5.75 Å². The Labute approximate surface area is 258 Å². The fraction of sp³-hybridized carbons (Fsp3) is 0.389. The predicted molar refractivity (Wildman–Crippen MR) is 178 cm³/mol. The van der Waals surface area contributed by atoms with Gasteiger partial charge in [0.2, 0.25) is 0 Å². The smallest absolute Gasteiger partial charge is 0.261 e. The summed E-state index contributed by atoms with van der Waals surface area (Å²) in [5, 5.41) is 11.2. The highest BCUT2D eigenvalue weighted by atomic mass is 32.2. The molecule has 2 aliphatic rings. The Morgan fingerprint density at radius 2 is 1.56 bits per heavy atom. The molecule has 43 heavy (non-hydrogen) atoms. The summed E-state index contributed by atoms with van der Waals surface area (Å²) in [5.41, 5.74) is 4.15. The first kappa shape index (κ1) is 31.5. The molecule has 1 N–H and O–H groups in total. The van der Waals surface area contributed by atoms with Gasteiger partial charge in [-0.15, -0.1) is 0 Å². The van der Waals surface area contributed by atoms with Crippen LogP contribution >= 0.6 is 0 Å². The Kier molecular flexibility index (Phi) is 9.47. The zero-order chi connectivity index (χ0) is 30.7. The lowest BCUT2D eigenvalue weighted by Crippen LogP contribution is -2.66. The zero-order valence-electron chi connectivity index (χ0n) is 25.8. The van der Waals surface area contributed by atoms with Gasteiger partial charge in [0.25, 0.3) is 8.32 Å². The lowest BCUT2D eigenvalue weighted by Gasteiger charge is -2.43. The Hall–Kier alpha value is -2.97. The van der Waals surface area contributed by atoms with Gasteiger partial charge < -0.3 is 14.3 Å². The van der Waals surface area contributed by atoms with E-state index >= 15 is 0 Å². The molecule has 0 aliphatic carbocycles. The molecule has 5 nitrogen and oxygen atoms in total. The van der Waals surface area contributed by atoms with Crippen molar-refractivity contribution in [2.75, 3.05) is 19.0 Å². The highest BCUT2D eigenvalue weighted by Gasteiger charge is 2.52. The third-order valence-electron chi connectivity index (χ3n) is 8.80. The molecule has 0 unspecified atom stereocenters.